The Hall–Kier alpha value is -0.320. The van der Waals surface area contributed by atoms with Gasteiger partial charge in [-0.15, -0.1) is 0 Å². The second-order valence-corrected chi connectivity index (χ2v) is 3.58. The number of allylic oxidation sites excluding steroid dienone is 1. The van der Waals surface area contributed by atoms with E-state index in [2.05, 4.69) is 0 Å². The largest absolute Gasteiger partial charge is 0.289 e. The minimum atomic E-state index is -3.08. The van der Waals surface area contributed by atoms with Crippen molar-refractivity contribution in [1.82, 2.24) is 0 Å². The molecule has 0 fully saturated rings. The van der Waals surface area contributed by atoms with E-state index in [9.17, 15) is 17.4 Å². The Bertz CT molecular complexity index is 167. The SMILES string of the molecule is CCS(=O)CC=C(F)C(F)F. The van der Waals surface area contributed by atoms with E-state index in [4.69, 9.17) is 0 Å². The zero-order valence-corrected chi connectivity index (χ0v) is 6.84. The Morgan fingerprint density at radius 1 is 1.64 bits per heavy atom. The van der Waals surface area contributed by atoms with Crippen molar-refractivity contribution in [3.63, 3.8) is 0 Å². The molecule has 0 aromatic carbocycles. The number of alkyl halides is 2. The predicted molar refractivity (Wildman–Crippen MR) is 38.7 cm³/mol. The van der Waals surface area contributed by atoms with Gasteiger partial charge in [0.15, 0.2) is 5.83 Å². The lowest BCUT2D eigenvalue weighted by Crippen LogP contribution is -1.99. The number of hydrogen-bond acceptors (Lipinski definition) is 1. The zero-order chi connectivity index (χ0) is 8.85. The van der Waals surface area contributed by atoms with Gasteiger partial charge in [-0.25, -0.2) is 13.2 Å². The van der Waals surface area contributed by atoms with Crippen molar-refractivity contribution in [1.29, 1.82) is 0 Å². The van der Waals surface area contributed by atoms with E-state index in [1.54, 1.807) is 6.92 Å². The van der Waals surface area contributed by atoms with Gasteiger partial charge in [0, 0.05) is 22.3 Å². The van der Waals surface area contributed by atoms with Crippen molar-refractivity contribution in [2.24, 2.45) is 0 Å². The molecule has 0 aliphatic carbocycles. The van der Waals surface area contributed by atoms with E-state index in [0.717, 1.165) is 0 Å². The molecule has 0 amide bonds. The Morgan fingerprint density at radius 3 is 2.55 bits per heavy atom. The Morgan fingerprint density at radius 2 is 2.18 bits per heavy atom. The molecule has 0 saturated carbocycles. The van der Waals surface area contributed by atoms with Crippen LogP contribution in [0.15, 0.2) is 11.9 Å². The molecule has 1 nitrogen and oxygen atoms in total. The molecule has 5 heteroatoms. The van der Waals surface area contributed by atoms with Crippen LogP contribution < -0.4 is 0 Å². The summed E-state index contributed by atoms with van der Waals surface area (Å²) in [5.41, 5.74) is 0. The van der Waals surface area contributed by atoms with Crippen LogP contribution in [-0.4, -0.2) is 22.1 Å². The van der Waals surface area contributed by atoms with Crippen LogP contribution in [0.3, 0.4) is 0 Å². The molecule has 1 unspecified atom stereocenters. The normalized spacial score (nSPS) is 15.5. The maximum absolute atomic E-state index is 12.0. The van der Waals surface area contributed by atoms with E-state index < -0.39 is 23.1 Å². The van der Waals surface area contributed by atoms with Crippen molar-refractivity contribution in [2.45, 2.75) is 13.3 Å². The van der Waals surface area contributed by atoms with Crippen molar-refractivity contribution >= 4 is 10.8 Å². The summed E-state index contributed by atoms with van der Waals surface area (Å²) in [4.78, 5) is 0. The summed E-state index contributed by atoms with van der Waals surface area (Å²) < 4.78 is 45.5. The molecule has 0 N–H and O–H groups in total. The van der Waals surface area contributed by atoms with Gasteiger partial charge in [-0.2, -0.15) is 0 Å². The van der Waals surface area contributed by atoms with Crippen molar-refractivity contribution < 1.29 is 17.4 Å². The van der Waals surface area contributed by atoms with Gasteiger partial charge in [0.25, 0.3) is 6.43 Å². The first kappa shape index (κ1) is 10.7. The van der Waals surface area contributed by atoms with Crippen LogP contribution in [0.5, 0.6) is 0 Å². The summed E-state index contributed by atoms with van der Waals surface area (Å²) >= 11 is 0. The second-order valence-electron chi connectivity index (χ2n) is 1.78. The summed E-state index contributed by atoms with van der Waals surface area (Å²) in [6, 6.07) is 0. The minimum Gasteiger partial charge on any atom is -0.259 e. The molecule has 0 aliphatic rings. The van der Waals surface area contributed by atoms with Gasteiger partial charge in [0.05, 0.1) is 0 Å². The summed E-state index contributed by atoms with van der Waals surface area (Å²) in [6.07, 6.45) is -2.41. The molecule has 0 heterocycles. The van der Waals surface area contributed by atoms with E-state index >= 15 is 0 Å². The molecule has 66 valence electrons. The summed E-state index contributed by atoms with van der Waals surface area (Å²) in [5.74, 6) is -1.27. The van der Waals surface area contributed by atoms with Crippen LogP contribution in [0.4, 0.5) is 13.2 Å². The van der Waals surface area contributed by atoms with E-state index in [-0.39, 0.29) is 5.75 Å². The smallest absolute Gasteiger partial charge is 0.259 e. The van der Waals surface area contributed by atoms with Gasteiger partial charge in [-0.1, -0.05) is 6.92 Å². The molecule has 0 rings (SSSR count). The highest BCUT2D eigenvalue weighted by Gasteiger charge is 2.09. The first-order chi connectivity index (χ1) is 5.07. The molecule has 0 bridgehead atoms. The third kappa shape index (κ3) is 5.01. The zero-order valence-electron chi connectivity index (χ0n) is 6.02. The van der Waals surface area contributed by atoms with Crippen LogP contribution >= 0.6 is 0 Å². The van der Waals surface area contributed by atoms with Crippen molar-refractivity contribution in [3.8, 4) is 0 Å². The molecule has 0 aromatic rings. The maximum Gasteiger partial charge on any atom is 0.289 e. The fraction of sp³-hybridized carbons (Fsp3) is 0.667. The number of rotatable bonds is 4. The first-order valence-electron chi connectivity index (χ1n) is 3.06. The number of hydrogen-bond donors (Lipinski definition) is 0. The topological polar surface area (TPSA) is 17.1 Å². The Labute approximate surface area is 65.7 Å². The lowest BCUT2D eigenvalue weighted by molar-refractivity contribution is 0.159. The minimum absolute atomic E-state index is 0.132. The first-order valence-corrected chi connectivity index (χ1v) is 4.55. The van der Waals surface area contributed by atoms with Crippen LogP contribution in [-0.2, 0) is 10.8 Å². The van der Waals surface area contributed by atoms with Crippen molar-refractivity contribution in [3.05, 3.63) is 11.9 Å². The lowest BCUT2D eigenvalue weighted by Gasteiger charge is -1.94. The van der Waals surface area contributed by atoms with E-state index in [0.29, 0.717) is 11.8 Å². The third-order valence-corrected chi connectivity index (χ3v) is 2.18. The maximum atomic E-state index is 12.0. The summed E-state index contributed by atoms with van der Waals surface area (Å²) in [6.45, 7) is 1.64. The molecule has 0 saturated heterocycles. The molecule has 1 atom stereocenters. The number of halogens is 3. The Kier molecular flexibility index (Phi) is 5.19. The van der Waals surface area contributed by atoms with Crippen LogP contribution in [0.1, 0.15) is 6.92 Å². The fourth-order valence-corrected chi connectivity index (χ4v) is 0.960. The van der Waals surface area contributed by atoms with E-state index in [1.807, 2.05) is 0 Å². The monoisotopic (exact) mass is 186 g/mol. The molecule has 0 aliphatic heterocycles. The standard InChI is InChI=1S/C6H9F3OS/c1-2-11(10)4-3-5(7)6(8)9/h3,6H,2,4H2,1H3. The highest BCUT2D eigenvalue weighted by Crippen LogP contribution is 2.08. The molecule has 0 aromatic heterocycles. The fourth-order valence-electron chi connectivity index (χ4n) is 0.379. The molecule has 11 heavy (non-hydrogen) atoms. The molecular weight excluding hydrogens is 177 g/mol. The van der Waals surface area contributed by atoms with Gasteiger partial charge < -0.3 is 0 Å². The van der Waals surface area contributed by atoms with Gasteiger partial charge in [-0.05, 0) is 6.08 Å². The molecular formula is C6H9F3OS. The van der Waals surface area contributed by atoms with Gasteiger partial charge >= 0.3 is 0 Å². The predicted octanol–water partition coefficient (Wildman–Crippen LogP) is 1.87. The van der Waals surface area contributed by atoms with Gasteiger partial charge in [-0.3, -0.25) is 4.21 Å². The second kappa shape index (κ2) is 5.35. The highest BCUT2D eigenvalue weighted by atomic mass is 32.2. The Balaban J connectivity index is 3.82. The summed E-state index contributed by atoms with van der Waals surface area (Å²) in [7, 11) is -1.21. The van der Waals surface area contributed by atoms with Crippen molar-refractivity contribution in [2.75, 3.05) is 11.5 Å². The lowest BCUT2D eigenvalue weighted by atomic mass is 10.5. The third-order valence-electron chi connectivity index (χ3n) is 0.995. The van der Waals surface area contributed by atoms with Gasteiger partial charge in [0.2, 0.25) is 0 Å². The average Bonchev–Trinajstić information content (AvgIpc) is 1.99. The van der Waals surface area contributed by atoms with Crippen LogP contribution in [0, 0.1) is 0 Å². The van der Waals surface area contributed by atoms with Crippen LogP contribution in [0.2, 0.25) is 0 Å². The van der Waals surface area contributed by atoms with E-state index in [1.165, 1.54) is 0 Å². The van der Waals surface area contributed by atoms with Crippen LogP contribution in [0.25, 0.3) is 0 Å². The average molecular weight is 186 g/mol. The quantitative estimate of drug-likeness (QED) is 0.655. The van der Waals surface area contributed by atoms with Gasteiger partial charge in [0.1, 0.15) is 0 Å². The summed E-state index contributed by atoms with van der Waals surface area (Å²) in [5, 5.41) is 0. The molecule has 0 spiro atoms. The highest BCUT2D eigenvalue weighted by molar-refractivity contribution is 7.85. The molecule has 0 radical (unpaired) electrons.